The normalized spacial score (nSPS) is 11.5. The third-order valence-corrected chi connectivity index (χ3v) is 3.58. The Labute approximate surface area is 106 Å². The van der Waals surface area contributed by atoms with Crippen molar-refractivity contribution in [3.05, 3.63) is 47.5 Å². The molecule has 1 aromatic heterocycles. The Balaban J connectivity index is 2.48. The SMILES string of the molecule is CCn1c2ccc(CO)cc2c2ccc(C)cc21. The molecule has 0 fully saturated rings. The van der Waals surface area contributed by atoms with E-state index >= 15 is 0 Å². The molecule has 92 valence electrons. The van der Waals surface area contributed by atoms with Crippen molar-refractivity contribution in [3.63, 3.8) is 0 Å². The van der Waals surface area contributed by atoms with Crippen molar-refractivity contribution in [1.29, 1.82) is 0 Å². The van der Waals surface area contributed by atoms with E-state index in [2.05, 4.69) is 48.7 Å². The molecular formula is C16H17NO. The third-order valence-electron chi connectivity index (χ3n) is 3.58. The molecule has 0 spiro atoms. The molecule has 2 nitrogen and oxygen atoms in total. The van der Waals surface area contributed by atoms with Crippen LogP contribution < -0.4 is 0 Å². The van der Waals surface area contributed by atoms with Gasteiger partial charge in [0.2, 0.25) is 0 Å². The lowest BCUT2D eigenvalue weighted by atomic mass is 10.1. The van der Waals surface area contributed by atoms with Crippen LogP contribution in [0.2, 0.25) is 0 Å². The summed E-state index contributed by atoms with van der Waals surface area (Å²) in [6.07, 6.45) is 0. The highest BCUT2D eigenvalue weighted by Crippen LogP contribution is 2.30. The van der Waals surface area contributed by atoms with Gasteiger partial charge in [-0.05, 0) is 43.2 Å². The molecule has 0 aliphatic heterocycles. The van der Waals surface area contributed by atoms with Gasteiger partial charge in [0.15, 0.2) is 0 Å². The van der Waals surface area contributed by atoms with Crippen molar-refractivity contribution in [2.75, 3.05) is 0 Å². The first kappa shape index (κ1) is 11.3. The highest BCUT2D eigenvalue weighted by molar-refractivity contribution is 6.08. The Hall–Kier alpha value is -1.80. The summed E-state index contributed by atoms with van der Waals surface area (Å²) in [5, 5.41) is 11.8. The largest absolute Gasteiger partial charge is 0.392 e. The average Bonchev–Trinajstić information content (AvgIpc) is 2.70. The topological polar surface area (TPSA) is 25.2 Å². The molecular weight excluding hydrogens is 222 g/mol. The smallest absolute Gasteiger partial charge is 0.0682 e. The van der Waals surface area contributed by atoms with Crippen LogP contribution in [0.5, 0.6) is 0 Å². The van der Waals surface area contributed by atoms with Gasteiger partial charge in [0.1, 0.15) is 0 Å². The van der Waals surface area contributed by atoms with Crippen molar-refractivity contribution in [1.82, 2.24) is 4.57 Å². The molecule has 2 aromatic carbocycles. The van der Waals surface area contributed by atoms with Crippen LogP contribution in [-0.2, 0) is 13.2 Å². The van der Waals surface area contributed by atoms with Crippen LogP contribution in [-0.4, -0.2) is 9.67 Å². The first-order chi connectivity index (χ1) is 8.74. The number of hydrogen-bond acceptors (Lipinski definition) is 1. The van der Waals surface area contributed by atoms with Crippen LogP contribution in [0.25, 0.3) is 21.8 Å². The zero-order valence-electron chi connectivity index (χ0n) is 10.8. The fraction of sp³-hybridized carbons (Fsp3) is 0.250. The molecule has 1 N–H and O–H groups in total. The molecule has 0 saturated heterocycles. The van der Waals surface area contributed by atoms with E-state index in [-0.39, 0.29) is 6.61 Å². The second-order valence-electron chi connectivity index (χ2n) is 4.77. The molecule has 0 unspecified atom stereocenters. The summed E-state index contributed by atoms with van der Waals surface area (Å²) in [6, 6.07) is 12.8. The Morgan fingerprint density at radius 3 is 2.56 bits per heavy atom. The predicted octanol–water partition coefficient (Wildman–Crippen LogP) is 3.62. The number of fused-ring (bicyclic) bond motifs is 3. The van der Waals surface area contributed by atoms with Gasteiger partial charge in [0, 0.05) is 28.4 Å². The molecule has 2 heteroatoms. The Kier molecular flexibility index (Phi) is 2.60. The van der Waals surface area contributed by atoms with Gasteiger partial charge in [-0.15, -0.1) is 0 Å². The quantitative estimate of drug-likeness (QED) is 0.726. The summed E-state index contributed by atoms with van der Waals surface area (Å²) in [5.74, 6) is 0. The van der Waals surface area contributed by atoms with E-state index in [4.69, 9.17) is 0 Å². The second kappa shape index (κ2) is 4.14. The molecule has 0 bridgehead atoms. The van der Waals surface area contributed by atoms with Gasteiger partial charge in [-0.1, -0.05) is 18.2 Å². The lowest BCUT2D eigenvalue weighted by Gasteiger charge is -2.03. The highest BCUT2D eigenvalue weighted by atomic mass is 16.3. The maximum absolute atomic E-state index is 9.27. The van der Waals surface area contributed by atoms with Gasteiger partial charge in [0.25, 0.3) is 0 Å². The first-order valence-corrected chi connectivity index (χ1v) is 6.37. The van der Waals surface area contributed by atoms with Crippen LogP contribution >= 0.6 is 0 Å². The molecule has 3 aromatic rings. The van der Waals surface area contributed by atoms with Crippen LogP contribution in [0.4, 0.5) is 0 Å². The standard InChI is InChI=1S/C16H17NO/c1-3-17-15-7-5-12(10-18)9-14(15)13-6-4-11(2)8-16(13)17/h4-9,18H,3,10H2,1-2H3. The van der Waals surface area contributed by atoms with E-state index in [0.717, 1.165) is 12.1 Å². The fourth-order valence-electron chi connectivity index (χ4n) is 2.70. The van der Waals surface area contributed by atoms with Crippen molar-refractivity contribution in [3.8, 4) is 0 Å². The number of benzene rings is 2. The highest BCUT2D eigenvalue weighted by Gasteiger charge is 2.09. The summed E-state index contributed by atoms with van der Waals surface area (Å²) >= 11 is 0. The van der Waals surface area contributed by atoms with Gasteiger partial charge >= 0.3 is 0 Å². The zero-order valence-corrected chi connectivity index (χ0v) is 10.8. The molecule has 18 heavy (non-hydrogen) atoms. The molecule has 0 radical (unpaired) electrons. The van der Waals surface area contributed by atoms with E-state index in [9.17, 15) is 5.11 Å². The molecule has 0 atom stereocenters. The van der Waals surface area contributed by atoms with Crippen LogP contribution in [0.1, 0.15) is 18.1 Å². The van der Waals surface area contributed by atoms with Crippen molar-refractivity contribution < 1.29 is 5.11 Å². The van der Waals surface area contributed by atoms with Crippen molar-refractivity contribution in [2.45, 2.75) is 27.0 Å². The lowest BCUT2D eigenvalue weighted by molar-refractivity contribution is 0.282. The van der Waals surface area contributed by atoms with Crippen LogP contribution in [0.3, 0.4) is 0 Å². The summed E-state index contributed by atoms with van der Waals surface area (Å²) in [6.45, 7) is 5.35. The number of rotatable bonds is 2. The van der Waals surface area contributed by atoms with Gasteiger partial charge in [-0.3, -0.25) is 0 Å². The summed E-state index contributed by atoms with van der Waals surface area (Å²) in [5.41, 5.74) is 4.78. The minimum absolute atomic E-state index is 0.0978. The average molecular weight is 239 g/mol. The maximum Gasteiger partial charge on any atom is 0.0682 e. The van der Waals surface area contributed by atoms with E-state index in [1.54, 1.807) is 0 Å². The zero-order chi connectivity index (χ0) is 12.7. The van der Waals surface area contributed by atoms with E-state index in [1.165, 1.54) is 27.4 Å². The molecule has 1 heterocycles. The van der Waals surface area contributed by atoms with Gasteiger partial charge in [-0.25, -0.2) is 0 Å². The summed E-state index contributed by atoms with van der Waals surface area (Å²) < 4.78 is 2.33. The molecule has 0 aliphatic rings. The summed E-state index contributed by atoms with van der Waals surface area (Å²) in [7, 11) is 0. The van der Waals surface area contributed by atoms with Gasteiger partial charge in [0.05, 0.1) is 6.61 Å². The third kappa shape index (κ3) is 1.53. The first-order valence-electron chi connectivity index (χ1n) is 6.37. The second-order valence-corrected chi connectivity index (χ2v) is 4.77. The molecule has 0 aliphatic carbocycles. The van der Waals surface area contributed by atoms with Crippen LogP contribution in [0, 0.1) is 6.92 Å². The van der Waals surface area contributed by atoms with Crippen molar-refractivity contribution >= 4 is 21.8 Å². The minimum Gasteiger partial charge on any atom is -0.392 e. The minimum atomic E-state index is 0.0978. The molecule has 0 amide bonds. The van der Waals surface area contributed by atoms with E-state index in [0.29, 0.717) is 0 Å². The van der Waals surface area contributed by atoms with Gasteiger partial charge < -0.3 is 9.67 Å². The van der Waals surface area contributed by atoms with Gasteiger partial charge in [-0.2, -0.15) is 0 Å². The predicted molar refractivity (Wildman–Crippen MR) is 75.8 cm³/mol. The van der Waals surface area contributed by atoms with E-state index < -0.39 is 0 Å². The maximum atomic E-state index is 9.27. The lowest BCUT2D eigenvalue weighted by Crippen LogP contribution is -1.93. The Morgan fingerprint density at radius 2 is 1.83 bits per heavy atom. The Bertz CT molecular complexity index is 725. The number of aryl methyl sites for hydroxylation is 2. The van der Waals surface area contributed by atoms with E-state index in [1.807, 2.05) is 6.07 Å². The number of aromatic nitrogens is 1. The number of hydrogen-bond donors (Lipinski definition) is 1. The summed E-state index contributed by atoms with van der Waals surface area (Å²) in [4.78, 5) is 0. The fourth-order valence-corrected chi connectivity index (χ4v) is 2.70. The number of nitrogens with zero attached hydrogens (tertiary/aromatic N) is 1. The monoisotopic (exact) mass is 239 g/mol. The molecule has 3 rings (SSSR count). The van der Waals surface area contributed by atoms with Crippen molar-refractivity contribution in [2.24, 2.45) is 0 Å². The number of aliphatic hydroxyl groups is 1. The molecule has 0 saturated carbocycles. The van der Waals surface area contributed by atoms with Crippen LogP contribution in [0.15, 0.2) is 36.4 Å². The Morgan fingerprint density at radius 1 is 1.00 bits per heavy atom. The number of aliphatic hydroxyl groups excluding tert-OH is 1.